The number of nitrogens with one attached hydrogen (secondary N) is 1. The standard InChI is InChI=1S/C23H30N2O2/c1-23(2,25-13-15-27-16-14-25)18-24-22(26)17-21(19-9-5-3-6-10-19)20-11-7-4-8-12-20/h3-12,21H,13-18H2,1-2H3,(H,24,26). The van der Waals surface area contributed by atoms with Gasteiger partial charge < -0.3 is 10.1 Å². The molecule has 1 aliphatic heterocycles. The SMILES string of the molecule is CC(C)(CNC(=O)CC(c1ccccc1)c1ccccc1)N1CCOCC1. The molecule has 0 aliphatic carbocycles. The highest BCUT2D eigenvalue weighted by Gasteiger charge is 2.29. The van der Waals surface area contributed by atoms with Crippen LogP contribution in [-0.4, -0.2) is 49.2 Å². The molecule has 2 aromatic carbocycles. The molecule has 0 spiro atoms. The van der Waals surface area contributed by atoms with Crippen LogP contribution in [0.25, 0.3) is 0 Å². The van der Waals surface area contributed by atoms with Gasteiger partial charge in [0.25, 0.3) is 0 Å². The molecule has 0 radical (unpaired) electrons. The summed E-state index contributed by atoms with van der Waals surface area (Å²) < 4.78 is 5.44. The van der Waals surface area contributed by atoms with Crippen LogP contribution in [0.15, 0.2) is 60.7 Å². The molecule has 0 saturated carbocycles. The van der Waals surface area contributed by atoms with Gasteiger partial charge in [-0.1, -0.05) is 60.7 Å². The van der Waals surface area contributed by atoms with Crippen molar-refractivity contribution in [2.24, 2.45) is 0 Å². The highest BCUT2D eigenvalue weighted by molar-refractivity contribution is 5.77. The van der Waals surface area contributed by atoms with Crippen LogP contribution in [0.3, 0.4) is 0 Å². The monoisotopic (exact) mass is 366 g/mol. The van der Waals surface area contributed by atoms with Crippen LogP contribution in [0.4, 0.5) is 0 Å². The third kappa shape index (κ3) is 5.41. The van der Waals surface area contributed by atoms with Gasteiger partial charge in [-0.3, -0.25) is 9.69 Å². The van der Waals surface area contributed by atoms with E-state index in [2.05, 4.69) is 48.3 Å². The fourth-order valence-corrected chi connectivity index (χ4v) is 3.65. The average molecular weight is 367 g/mol. The van der Waals surface area contributed by atoms with Crippen LogP contribution < -0.4 is 5.32 Å². The lowest BCUT2D eigenvalue weighted by molar-refractivity contribution is -0.122. The number of amides is 1. The Kier molecular flexibility index (Phi) is 6.64. The number of hydrogen-bond acceptors (Lipinski definition) is 3. The number of carbonyl (C=O) groups excluding carboxylic acids is 1. The first-order valence-electron chi connectivity index (χ1n) is 9.76. The Labute approximate surface area is 162 Å². The van der Waals surface area contributed by atoms with Crippen molar-refractivity contribution >= 4 is 5.91 Å². The summed E-state index contributed by atoms with van der Waals surface area (Å²) in [6, 6.07) is 20.5. The van der Waals surface area contributed by atoms with Crippen molar-refractivity contribution in [2.45, 2.75) is 31.7 Å². The molecular weight excluding hydrogens is 336 g/mol. The fourth-order valence-electron chi connectivity index (χ4n) is 3.65. The molecule has 1 heterocycles. The zero-order valence-electron chi connectivity index (χ0n) is 16.4. The molecule has 0 bridgehead atoms. The van der Waals surface area contributed by atoms with Gasteiger partial charge in [0.1, 0.15) is 0 Å². The van der Waals surface area contributed by atoms with Crippen molar-refractivity contribution in [3.05, 3.63) is 71.8 Å². The van der Waals surface area contributed by atoms with Gasteiger partial charge in [-0.2, -0.15) is 0 Å². The molecule has 27 heavy (non-hydrogen) atoms. The maximum atomic E-state index is 12.8. The third-order valence-electron chi connectivity index (χ3n) is 5.38. The van der Waals surface area contributed by atoms with Gasteiger partial charge in [-0.25, -0.2) is 0 Å². The quantitative estimate of drug-likeness (QED) is 0.816. The molecular formula is C23H30N2O2. The minimum absolute atomic E-state index is 0.0684. The first kappa shape index (κ1) is 19.6. The predicted molar refractivity (Wildman–Crippen MR) is 109 cm³/mol. The van der Waals surface area contributed by atoms with Crippen LogP contribution in [0.2, 0.25) is 0 Å². The van der Waals surface area contributed by atoms with Crippen molar-refractivity contribution in [1.82, 2.24) is 10.2 Å². The summed E-state index contributed by atoms with van der Waals surface area (Å²) in [6.45, 7) is 8.37. The van der Waals surface area contributed by atoms with Gasteiger partial charge >= 0.3 is 0 Å². The molecule has 1 fully saturated rings. The van der Waals surface area contributed by atoms with Crippen LogP contribution in [-0.2, 0) is 9.53 Å². The Morgan fingerprint density at radius 3 is 2.04 bits per heavy atom. The molecule has 1 saturated heterocycles. The average Bonchev–Trinajstić information content (AvgIpc) is 2.72. The van der Waals surface area contributed by atoms with E-state index in [-0.39, 0.29) is 17.4 Å². The molecule has 3 rings (SSSR count). The van der Waals surface area contributed by atoms with Crippen molar-refractivity contribution in [3.8, 4) is 0 Å². The first-order valence-corrected chi connectivity index (χ1v) is 9.76. The van der Waals surface area contributed by atoms with Crippen molar-refractivity contribution < 1.29 is 9.53 Å². The second-order valence-corrected chi connectivity index (χ2v) is 7.77. The number of hydrogen-bond donors (Lipinski definition) is 1. The number of ether oxygens (including phenoxy) is 1. The lowest BCUT2D eigenvalue weighted by Gasteiger charge is -2.40. The Morgan fingerprint density at radius 1 is 1.00 bits per heavy atom. The molecule has 4 nitrogen and oxygen atoms in total. The van der Waals surface area contributed by atoms with Gasteiger partial charge in [0.05, 0.1) is 13.2 Å². The maximum absolute atomic E-state index is 12.8. The fraction of sp³-hybridized carbons (Fsp3) is 0.435. The van der Waals surface area contributed by atoms with E-state index in [1.165, 1.54) is 11.1 Å². The van der Waals surface area contributed by atoms with Crippen molar-refractivity contribution in [3.63, 3.8) is 0 Å². The summed E-state index contributed by atoms with van der Waals surface area (Å²) in [5, 5.41) is 3.17. The molecule has 0 aromatic heterocycles. The lowest BCUT2D eigenvalue weighted by atomic mass is 9.88. The van der Waals surface area contributed by atoms with Crippen LogP contribution >= 0.6 is 0 Å². The van der Waals surface area contributed by atoms with Gasteiger partial charge in [-0.15, -0.1) is 0 Å². The number of rotatable bonds is 7. The number of nitrogens with zero attached hydrogens (tertiary/aromatic N) is 1. The number of carbonyl (C=O) groups is 1. The minimum Gasteiger partial charge on any atom is -0.379 e. The molecule has 1 aliphatic rings. The van der Waals surface area contributed by atoms with Crippen LogP contribution in [0.1, 0.15) is 37.3 Å². The van der Waals surface area contributed by atoms with E-state index < -0.39 is 0 Å². The minimum atomic E-state index is -0.0750. The van der Waals surface area contributed by atoms with Gasteiger partial charge in [-0.05, 0) is 25.0 Å². The van der Waals surface area contributed by atoms with Gasteiger partial charge in [0, 0.05) is 37.5 Å². The van der Waals surface area contributed by atoms with Gasteiger partial charge in [0.2, 0.25) is 5.91 Å². The molecule has 144 valence electrons. The van der Waals surface area contributed by atoms with E-state index in [4.69, 9.17) is 4.74 Å². The topological polar surface area (TPSA) is 41.6 Å². The highest BCUT2D eigenvalue weighted by atomic mass is 16.5. The summed E-state index contributed by atoms with van der Waals surface area (Å²) in [5.41, 5.74) is 2.27. The second kappa shape index (κ2) is 9.16. The summed E-state index contributed by atoms with van der Waals surface area (Å²) >= 11 is 0. The highest BCUT2D eigenvalue weighted by Crippen LogP contribution is 2.27. The van der Waals surface area contributed by atoms with Gasteiger partial charge in [0.15, 0.2) is 0 Å². The normalized spacial score (nSPS) is 15.7. The molecule has 0 unspecified atom stereocenters. The zero-order valence-corrected chi connectivity index (χ0v) is 16.4. The largest absolute Gasteiger partial charge is 0.379 e. The van der Waals surface area contributed by atoms with E-state index in [0.29, 0.717) is 13.0 Å². The molecule has 1 amide bonds. The van der Waals surface area contributed by atoms with Crippen molar-refractivity contribution in [2.75, 3.05) is 32.8 Å². The van der Waals surface area contributed by atoms with E-state index in [0.717, 1.165) is 26.3 Å². The van der Waals surface area contributed by atoms with Crippen LogP contribution in [0.5, 0.6) is 0 Å². The van der Waals surface area contributed by atoms with E-state index >= 15 is 0 Å². The molecule has 2 aromatic rings. The summed E-state index contributed by atoms with van der Waals surface area (Å²) in [6.07, 6.45) is 0.452. The Morgan fingerprint density at radius 2 is 1.52 bits per heavy atom. The smallest absolute Gasteiger partial charge is 0.221 e. The maximum Gasteiger partial charge on any atom is 0.221 e. The number of morpholine rings is 1. The third-order valence-corrected chi connectivity index (χ3v) is 5.38. The summed E-state index contributed by atoms with van der Waals surface area (Å²) in [5.74, 6) is 0.160. The lowest BCUT2D eigenvalue weighted by Crippen LogP contribution is -2.55. The molecule has 0 atom stereocenters. The van der Waals surface area contributed by atoms with E-state index in [1.807, 2.05) is 36.4 Å². The molecule has 4 heteroatoms. The first-order chi connectivity index (χ1) is 13.1. The second-order valence-electron chi connectivity index (χ2n) is 7.77. The van der Waals surface area contributed by atoms with Crippen molar-refractivity contribution in [1.29, 1.82) is 0 Å². The summed E-state index contributed by atoms with van der Waals surface area (Å²) in [7, 11) is 0. The predicted octanol–water partition coefficient (Wildman–Crippen LogP) is 3.44. The van der Waals surface area contributed by atoms with E-state index in [9.17, 15) is 4.79 Å². The Hall–Kier alpha value is -2.17. The Balaban J connectivity index is 1.64. The van der Waals surface area contributed by atoms with E-state index in [1.54, 1.807) is 0 Å². The molecule has 1 N–H and O–H groups in total. The number of benzene rings is 2. The summed E-state index contributed by atoms with van der Waals surface area (Å²) in [4.78, 5) is 15.2. The van der Waals surface area contributed by atoms with Crippen LogP contribution in [0, 0.1) is 0 Å². The zero-order chi connectivity index (χ0) is 19.1. The Bertz CT molecular complexity index is 670.